The summed E-state index contributed by atoms with van der Waals surface area (Å²) in [5.41, 5.74) is 7.00. The van der Waals surface area contributed by atoms with Crippen molar-refractivity contribution in [3.63, 3.8) is 0 Å². The second-order valence-electron chi connectivity index (χ2n) is 4.36. The van der Waals surface area contributed by atoms with Crippen LogP contribution in [-0.4, -0.2) is 16.8 Å². The first kappa shape index (κ1) is 13.6. The summed E-state index contributed by atoms with van der Waals surface area (Å²) in [5.74, 6) is -0.609. The first-order valence-corrected chi connectivity index (χ1v) is 5.98. The van der Waals surface area contributed by atoms with E-state index in [1.54, 1.807) is 24.3 Å². The normalized spacial score (nSPS) is 10.1. The van der Waals surface area contributed by atoms with Crippen LogP contribution in [0.4, 0.5) is 11.4 Å². The number of benzene rings is 2. The molecule has 0 bridgehead atoms. The van der Waals surface area contributed by atoms with E-state index in [1.807, 2.05) is 0 Å². The second-order valence-corrected chi connectivity index (χ2v) is 4.36. The molecular weight excluding hydrogens is 256 g/mol. The Bertz CT molecular complexity index is 681. The molecule has 0 saturated carbocycles. The van der Waals surface area contributed by atoms with E-state index < -0.39 is 0 Å². The Labute approximate surface area is 116 Å². The number of amides is 1. The van der Waals surface area contributed by atoms with Crippen molar-refractivity contribution in [2.75, 3.05) is 11.1 Å². The van der Waals surface area contributed by atoms with Gasteiger partial charge in [0.15, 0.2) is 5.78 Å². The van der Waals surface area contributed by atoms with Gasteiger partial charge in [-0.25, -0.2) is 0 Å². The minimum Gasteiger partial charge on any atom is -0.506 e. The molecule has 0 spiro atoms. The van der Waals surface area contributed by atoms with Gasteiger partial charge in [-0.3, -0.25) is 9.59 Å². The predicted molar refractivity (Wildman–Crippen MR) is 76.9 cm³/mol. The molecule has 4 N–H and O–H groups in total. The van der Waals surface area contributed by atoms with Crippen LogP contribution in [0.25, 0.3) is 0 Å². The molecule has 5 nitrogen and oxygen atoms in total. The Morgan fingerprint density at radius 2 is 1.85 bits per heavy atom. The summed E-state index contributed by atoms with van der Waals surface area (Å²) in [6.07, 6.45) is 0. The van der Waals surface area contributed by atoms with E-state index in [-0.39, 0.29) is 28.7 Å². The molecule has 0 aliphatic rings. The highest BCUT2D eigenvalue weighted by atomic mass is 16.3. The molecule has 2 aromatic carbocycles. The monoisotopic (exact) mass is 270 g/mol. The molecule has 102 valence electrons. The third-order valence-electron chi connectivity index (χ3n) is 2.82. The van der Waals surface area contributed by atoms with E-state index in [1.165, 1.54) is 25.1 Å². The van der Waals surface area contributed by atoms with Crippen molar-refractivity contribution in [2.24, 2.45) is 0 Å². The third-order valence-corrected chi connectivity index (χ3v) is 2.82. The van der Waals surface area contributed by atoms with Crippen LogP contribution in [-0.2, 0) is 0 Å². The zero-order chi connectivity index (χ0) is 14.7. The summed E-state index contributed by atoms with van der Waals surface area (Å²) in [6, 6.07) is 10.9. The molecule has 2 rings (SSSR count). The molecule has 2 aromatic rings. The molecule has 20 heavy (non-hydrogen) atoms. The number of phenols is 1. The molecule has 0 aliphatic heterocycles. The minimum absolute atomic E-state index is 0.0776. The zero-order valence-corrected chi connectivity index (χ0v) is 10.9. The predicted octanol–water partition coefficient (Wildman–Crippen LogP) is 2.43. The van der Waals surface area contributed by atoms with Crippen molar-refractivity contribution in [2.45, 2.75) is 6.92 Å². The number of hydrogen-bond donors (Lipinski definition) is 3. The summed E-state index contributed by atoms with van der Waals surface area (Å²) in [4.78, 5) is 23.3. The lowest BCUT2D eigenvalue weighted by Crippen LogP contribution is -2.12. The Morgan fingerprint density at radius 1 is 1.10 bits per heavy atom. The van der Waals surface area contributed by atoms with Gasteiger partial charge < -0.3 is 16.2 Å². The lowest BCUT2D eigenvalue weighted by molar-refractivity contribution is 0.101. The number of carbonyl (C=O) groups excluding carboxylic acids is 2. The van der Waals surface area contributed by atoms with E-state index in [4.69, 9.17) is 5.73 Å². The molecule has 0 saturated heterocycles. The molecule has 0 atom stereocenters. The van der Waals surface area contributed by atoms with Crippen molar-refractivity contribution >= 4 is 23.1 Å². The highest BCUT2D eigenvalue weighted by molar-refractivity contribution is 6.05. The Morgan fingerprint density at radius 3 is 2.50 bits per heavy atom. The van der Waals surface area contributed by atoms with Gasteiger partial charge in [0.1, 0.15) is 5.75 Å². The number of nitrogens with two attached hydrogens (primary N) is 1. The molecule has 5 heteroatoms. The van der Waals surface area contributed by atoms with Crippen molar-refractivity contribution in [1.29, 1.82) is 0 Å². The number of hydrogen-bond acceptors (Lipinski definition) is 4. The summed E-state index contributed by atoms with van der Waals surface area (Å²) >= 11 is 0. The number of carbonyl (C=O) groups is 2. The number of phenolic OH excluding ortho intramolecular Hbond substituents is 1. The van der Waals surface area contributed by atoms with E-state index >= 15 is 0 Å². The van der Waals surface area contributed by atoms with Gasteiger partial charge in [0.25, 0.3) is 5.91 Å². The smallest absolute Gasteiger partial charge is 0.255 e. The van der Waals surface area contributed by atoms with Crippen molar-refractivity contribution in [3.05, 3.63) is 53.6 Å². The molecular formula is C15H14N2O3. The number of ketones is 1. The van der Waals surface area contributed by atoms with Crippen LogP contribution < -0.4 is 11.1 Å². The third kappa shape index (κ3) is 2.95. The standard InChI is InChI=1S/C15H14N2O3/c1-9(18)10-3-2-4-12(7-10)17-15(20)11-5-6-13(16)14(19)8-11/h2-8,19H,16H2,1H3,(H,17,20). The Hall–Kier alpha value is -2.82. The van der Waals surface area contributed by atoms with E-state index in [0.717, 1.165) is 0 Å². The number of aromatic hydroxyl groups is 1. The van der Waals surface area contributed by atoms with E-state index in [0.29, 0.717) is 11.3 Å². The van der Waals surface area contributed by atoms with Gasteiger partial charge in [-0.1, -0.05) is 12.1 Å². The average molecular weight is 270 g/mol. The number of nitrogens with one attached hydrogen (secondary N) is 1. The minimum atomic E-state index is -0.388. The maximum Gasteiger partial charge on any atom is 0.255 e. The SMILES string of the molecule is CC(=O)c1cccc(NC(=O)c2ccc(N)c(O)c2)c1. The first-order chi connectivity index (χ1) is 9.47. The Kier molecular flexibility index (Phi) is 3.70. The molecule has 0 heterocycles. The second kappa shape index (κ2) is 5.44. The van der Waals surface area contributed by atoms with Gasteiger partial charge >= 0.3 is 0 Å². The Balaban J connectivity index is 2.21. The number of rotatable bonds is 3. The van der Waals surface area contributed by atoms with Crippen LogP contribution in [0.3, 0.4) is 0 Å². The quantitative estimate of drug-likeness (QED) is 0.453. The maximum atomic E-state index is 12.0. The average Bonchev–Trinajstić information content (AvgIpc) is 2.42. The fraction of sp³-hybridized carbons (Fsp3) is 0.0667. The van der Waals surface area contributed by atoms with E-state index in [9.17, 15) is 14.7 Å². The van der Waals surface area contributed by atoms with E-state index in [2.05, 4.69) is 5.32 Å². The molecule has 0 radical (unpaired) electrons. The highest BCUT2D eigenvalue weighted by Gasteiger charge is 2.09. The summed E-state index contributed by atoms with van der Waals surface area (Å²) in [5, 5.41) is 12.1. The van der Waals surface area contributed by atoms with Gasteiger partial charge in [-0.2, -0.15) is 0 Å². The molecule has 0 aromatic heterocycles. The number of anilines is 2. The lowest BCUT2D eigenvalue weighted by Gasteiger charge is -2.07. The fourth-order valence-electron chi connectivity index (χ4n) is 1.70. The largest absolute Gasteiger partial charge is 0.506 e. The van der Waals surface area contributed by atoms with Crippen LogP contribution in [0.15, 0.2) is 42.5 Å². The van der Waals surface area contributed by atoms with Crippen LogP contribution in [0, 0.1) is 0 Å². The summed E-state index contributed by atoms with van der Waals surface area (Å²) in [6.45, 7) is 1.46. The van der Waals surface area contributed by atoms with Crippen LogP contribution in [0.5, 0.6) is 5.75 Å². The highest BCUT2D eigenvalue weighted by Crippen LogP contribution is 2.21. The molecule has 0 unspecified atom stereocenters. The molecule has 1 amide bonds. The molecule has 0 fully saturated rings. The maximum absolute atomic E-state index is 12.0. The topological polar surface area (TPSA) is 92.4 Å². The summed E-state index contributed by atoms with van der Waals surface area (Å²) in [7, 11) is 0. The van der Waals surface area contributed by atoms with Gasteiger partial charge in [0.2, 0.25) is 0 Å². The first-order valence-electron chi connectivity index (χ1n) is 5.98. The number of nitrogen functional groups attached to an aromatic ring is 1. The van der Waals surface area contributed by atoms with Gasteiger partial charge in [-0.15, -0.1) is 0 Å². The van der Waals surface area contributed by atoms with Crippen molar-refractivity contribution < 1.29 is 14.7 Å². The van der Waals surface area contributed by atoms with Crippen LogP contribution in [0.1, 0.15) is 27.6 Å². The van der Waals surface area contributed by atoms with Gasteiger partial charge in [0.05, 0.1) is 5.69 Å². The van der Waals surface area contributed by atoms with Crippen molar-refractivity contribution in [1.82, 2.24) is 0 Å². The zero-order valence-electron chi connectivity index (χ0n) is 10.9. The fourth-order valence-corrected chi connectivity index (χ4v) is 1.70. The van der Waals surface area contributed by atoms with Gasteiger partial charge in [-0.05, 0) is 37.3 Å². The van der Waals surface area contributed by atoms with Crippen molar-refractivity contribution in [3.8, 4) is 5.75 Å². The number of Topliss-reactive ketones (excluding diaryl/α,β-unsaturated/α-hetero) is 1. The van der Waals surface area contributed by atoms with Crippen LogP contribution >= 0.6 is 0 Å². The van der Waals surface area contributed by atoms with Gasteiger partial charge in [0, 0.05) is 16.8 Å². The lowest BCUT2D eigenvalue weighted by atomic mass is 10.1. The molecule has 0 aliphatic carbocycles. The summed E-state index contributed by atoms with van der Waals surface area (Å²) < 4.78 is 0. The van der Waals surface area contributed by atoms with Crippen LogP contribution in [0.2, 0.25) is 0 Å².